The molecule has 162 valence electrons. The molecule has 0 saturated carbocycles. The maximum absolute atomic E-state index is 14.3. The summed E-state index contributed by atoms with van der Waals surface area (Å²) >= 11 is 0. The molecule has 0 bridgehead atoms. The van der Waals surface area contributed by atoms with Crippen molar-refractivity contribution in [3.05, 3.63) is 65.6 Å². The molecular weight excluding hydrogens is 402 g/mol. The predicted molar refractivity (Wildman–Crippen MR) is 113 cm³/mol. The van der Waals surface area contributed by atoms with Gasteiger partial charge in [-0.15, -0.1) is 0 Å². The fourth-order valence-electron chi connectivity index (χ4n) is 3.75. The second-order valence-electron chi connectivity index (χ2n) is 7.45. The van der Waals surface area contributed by atoms with Crippen molar-refractivity contribution in [1.82, 2.24) is 15.0 Å². The third-order valence-electron chi connectivity index (χ3n) is 5.42. The number of fused-ring (bicyclic) bond motifs is 1. The van der Waals surface area contributed by atoms with Gasteiger partial charge in [-0.1, -0.05) is 6.07 Å². The minimum Gasteiger partial charge on any atom is -0.490 e. The molecule has 4 rings (SSSR count). The maximum atomic E-state index is 14.3. The van der Waals surface area contributed by atoms with Crippen molar-refractivity contribution < 1.29 is 18.6 Å². The molecule has 3 aromatic rings. The van der Waals surface area contributed by atoms with E-state index in [-0.39, 0.29) is 25.0 Å². The maximum Gasteiger partial charge on any atom is 0.200 e. The highest BCUT2D eigenvalue weighted by atomic mass is 19.2. The smallest absolute Gasteiger partial charge is 0.200 e. The Morgan fingerprint density at radius 3 is 2.84 bits per heavy atom. The third-order valence-corrected chi connectivity index (χ3v) is 5.42. The Balaban J connectivity index is 1.58. The molecule has 3 heterocycles. The molecule has 31 heavy (non-hydrogen) atoms. The first-order chi connectivity index (χ1) is 15.1. The SMILES string of the molecule is CC1c2cnc(-c3ccccn3)nc2CCN1c1cc(F)c(F)c(OCCCCO)c1. The van der Waals surface area contributed by atoms with E-state index in [0.29, 0.717) is 43.0 Å². The number of anilines is 1. The summed E-state index contributed by atoms with van der Waals surface area (Å²) in [5.41, 5.74) is 3.13. The van der Waals surface area contributed by atoms with E-state index in [9.17, 15) is 8.78 Å². The fraction of sp³-hybridized carbons (Fsp3) is 0.348. The van der Waals surface area contributed by atoms with Crippen LogP contribution in [0.1, 0.15) is 37.1 Å². The molecule has 0 amide bonds. The van der Waals surface area contributed by atoms with E-state index in [1.807, 2.05) is 30.0 Å². The van der Waals surface area contributed by atoms with E-state index in [0.717, 1.165) is 11.3 Å². The van der Waals surface area contributed by atoms with Crippen molar-refractivity contribution in [2.75, 3.05) is 24.7 Å². The highest BCUT2D eigenvalue weighted by Gasteiger charge is 2.27. The van der Waals surface area contributed by atoms with Crippen LogP contribution in [0.2, 0.25) is 0 Å². The van der Waals surface area contributed by atoms with Crippen LogP contribution in [-0.4, -0.2) is 39.8 Å². The van der Waals surface area contributed by atoms with Gasteiger partial charge in [-0.05, 0) is 31.9 Å². The lowest BCUT2D eigenvalue weighted by Crippen LogP contribution is -2.35. The van der Waals surface area contributed by atoms with E-state index >= 15 is 0 Å². The molecule has 8 heteroatoms. The molecule has 1 aromatic carbocycles. The average Bonchev–Trinajstić information content (AvgIpc) is 2.80. The largest absolute Gasteiger partial charge is 0.490 e. The van der Waals surface area contributed by atoms with E-state index in [2.05, 4.69) is 15.0 Å². The summed E-state index contributed by atoms with van der Waals surface area (Å²) < 4.78 is 33.9. The van der Waals surface area contributed by atoms with Gasteiger partial charge >= 0.3 is 0 Å². The first-order valence-corrected chi connectivity index (χ1v) is 10.3. The van der Waals surface area contributed by atoms with Crippen molar-refractivity contribution in [1.29, 1.82) is 0 Å². The van der Waals surface area contributed by atoms with Crippen LogP contribution in [0.4, 0.5) is 14.5 Å². The number of nitrogens with zero attached hydrogens (tertiary/aromatic N) is 4. The second kappa shape index (κ2) is 9.34. The monoisotopic (exact) mass is 426 g/mol. The Bertz CT molecular complexity index is 1050. The lowest BCUT2D eigenvalue weighted by atomic mass is 9.98. The molecule has 1 aliphatic rings. The standard InChI is InChI=1S/C23H24F2N4O2/c1-15-17-14-27-23(20-6-2-3-8-26-20)28-19(17)7-9-29(15)16-12-18(24)22(25)21(13-16)31-11-5-4-10-30/h2-3,6,8,12-15,30H,4-5,7,9-11H2,1H3. The highest BCUT2D eigenvalue weighted by molar-refractivity contribution is 5.56. The van der Waals surface area contributed by atoms with Crippen molar-refractivity contribution >= 4 is 5.69 Å². The number of hydrogen-bond acceptors (Lipinski definition) is 6. The van der Waals surface area contributed by atoms with Gasteiger partial charge in [0.05, 0.1) is 18.3 Å². The van der Waals surface area contributed by atoms with Gasteiger partial charge < -0.3 is 14.7 Å². The van der Waals surface area contributed by atoms with E-state index in [4.69, 9.17) is 9.84 Å². The molecule has 0 radical (unpaired) electrons. The van der Waals surface area contributed by atoms with Crippen LogP contribution in [0, 0.1) is 11.6 Å². The number of pyridine rings is 1. The summed E-state index contributed by atoms with van der Waals surface area (Å²) in [6, 6.07) is 8.20. The minimum atomic E-state index is -0.999. The lowest BCUT2D eigenvalue weighted by Gasteiger charge is -2.36. The topological polar surface area (TPSA) is 71.4 Å². The first-order valence-electron chi connectivity index (χ1n) is 10.3. The van der Waals surface area contributed by atoms with Crippen LogP contribution in [0.3, 0.4) is 0 Å². The number of rotatable bonds is 7. The first kappa shape index (κ1) is 21.1. The van der Waals surface area contributed by atoms with Crippen molar-refractivity contribution in [2.24, 2.45) is 0 Å². The van der Waals surface area contributed by atoms with Gasteiger partial charge in [0.2, 0.25) is 5.82 Å². The summed E-state index contributed by atoms with van der Waals surface area (Å²) in [5, 5.41) is 8.86. The van der Waals surface area contributed by atoms with Crippen LogP contribution < -0.4 is 9.64 Å². The average molecular weight is 426 g/mol. The molecule has 0 aliphatic carbocycles. The number of ether oxygens (including phenoxy) is 1. The van der Waals surface area contributed by atoms with Crippen LogP contribution in [0.5, 0.6) is 5.75 Å². The van der Waals surface area contributed by atoms with Gasteiger partial charge in [-0.25, -0.2) is 14.4 Å². The Hall–Kier alpha value is -3.13. The Morgan fingerprint density at radius 2 is 2.06 bits per heavy atom. The number of aliphatic hydroxyl groups is 1. The molecule has 0 saturated heterocycles. The highest BCUT2D eigenvalue weighted by Crippen LogP contribution is 2.36. The predicted octanol–water partition coefficient (Wildman–Crippen LogP) is 4.09. The Labute approximate surface area is 179 Å². The van der Waals surface area contributed by atoms with E-state index in [1.165, 1.54) is 12.1 Å². The molecule has 1 atom stereocenters. The zero-order valence-corrected chi connectivity index (χ0v) is 17.3. The molecule has 1 unspecified atom stereocenters. The van der Waals surface area contributed by atoms with Crippen LogP contribution in [0.25, 0.3) is 11.5 Å². The number of halogens is 2. The third kappa shape index (κ3) is 4.49. The van der Waals surface area contributed by atoms with Gasteiger partial charge in [0.1, 0.15) is 5.69 Å². The normalized spacial score (nSPS) is 15.6. The molecule has 1 N–H and O–H groups in total. The zero-order chi connectivity index (χ0) is 21.8. The van der Waals surface area contributed by atoms with Crippen molar-refractivity contribution in [2.45, 2.75) is 32.2 Å². The zero-order valence-electron chi connectivity index (χ0n) is 17.3. The van der Waals surface area contributed by atoms with Crippen LogP contribution >= 0.6 is 0 Å². The van der Waals surface area contributed by atoms with Gasteiger partial charge in [-0.3, -0.25) is 4.98 Å². The lowest BCUT2D eigenvalue weighted by molar-refractivity contribution is 0.246. The Morgan fingerprint density at radius 1 is 1.19 bits per heavy atom. The second-order valence-corrected chi connectivity index (χ2v) is 7.45. The summed E-state index contributed by atoms with van der Waals surface area (Å²) in [6.45, 7) is 2.84. The van der Waals surface area contributed by atoms with Crippen molar-refractivity contribution in [3.8, 4) is 17.3 Å². The number of unbranched alkanes of at least 4 members (excludes halogenated alkanes) is 1. The van der Waals surface area contributed by atoms with Gasteiger partial charge in [0, 0.05) is 55.3 Å². The molecule has 0 fully saturated rings. The van der Waals surface area contributed by atoms with Gasteiger partial charge in [0.15, 0.2) is 17.4 Å². The van der Waals surface area contributed by atoms with Crippen LogP contribution in [0.15, 0.2) is 42.7 Å². The number of hydrogen-bond donors (Lipinski definition) is 1. The summed E-state index contributed by atoms with van der Waals surface area (Å²) in [7, 11) is 0. The van der Waals surface area contributed by atoms with E-state index < -0.39 is 11.6 Å². The van der Waals surface area contributed by atoms with Crippen LogP contribution in [-0.2, 0) is 6.42 Å². The van der Waals surface area contributed by atoms with Gasteiger partial charge in [-0.2, -0.15) is 4.39 Å². The molecule has 2 aromatic heterocycles. The van der Waals surface area contributed by atoms with Crippen molar-refractivity contribution in [3.63, 3.8) is 0 Å². The quantitative estimate of drug-likeness (QED) is 0.574. The molecule has 1 aliphatic heterocycles. The molecular formula is C23H24F2N4O2. The number of aliphatic hydroxyl groups excluding tert-OH is 1. The van der Waals surface area contributed by atoms with E-state index in [1.54, 1.807) is 12.4 Å². The summed E-state index contributed by atoms with van der Waals surface area (Å²) in [5.74, 6) is -1.49. The number of benzene rings is 1. The Kier molecular flexibility index (Phi) is 6.36. The fourth-order valence-corrected chi connectivity index (χ4v) is 3.75. The summed E-state index contributed by atoms with van der Waals surface area (Å²) in [4.78, 5) is 15.5. The number of aromatic nitrogens is 3. The molecule has 6 nitrogen and oxygen atoms in total. The minimum absolute atomic E-state index is 0.0368. The molecule has 0 spiro atoms. The van der Waals surface area contributed by atoms with Gasteiger partial charge in [0.25, 0.3) is 0 Å². The summed E-state index contributed by atoms with van der Waals surface area (Å²) in [6.07, 6.45) is 5.24.